The third kappa shape index (κ3) is 3.86. The number of allylic oxidation sites excluding steroid dienone is 1. The SMILES string of the molecule is C=CCn1c(=S)sc2c(=O)n(CCC(=O)Nc3ccccc3C#N)cnc21. The maximum Gasteiger partial charge on any atom is 0.272 e. The minimum absolute atomic E-state index is 0.0750. The van der Waals surface area contributed by atoms with Gasteiger partial charge in [0.05, 0.1) is 17.6 Å². The summed E-state index contributed by atoms with van der Waals surface area (Å²) in [5, 5.41) is 11.8. The molecule has 0 aliphatic heterocycles. The van der Waals surface area contributed by atoms with Gasteiger partial charge in [-0.2, -0.15) is 5.26 Å². The van der Waals surface area contributed by atoms with Gasteiger partial charge in [0.1, 0.15) is 10.8 Å². The summed E-state index contributed by atoms with van der Waals surface area (Å²) in [5.41, 5.74) is 1.13. The zero-order chi connectivity index (χ0) is 19.4. The molecule has 27 heavy (non-hydrogen) atoms. The van der Waals surface area contributed by atoms with Gasteiger partial charge in [0.15, 0.2) is 9.60 Å². The first-order valence-corrected chi connectivity index (χ1v) is 9.26. The van der Waals surface area contributed by atoms with Crippen LogP contribution in [0, 0.1) is 15.3 Å². The molecule has 2 aromatic heterocycles. The van der Waals surface area contributed by atoms with Crippen molar-refractivity contribution in [2.24, 2.45) is 0 Å². The van der Waals surface area contributed by atoms with E-state index in [2.05, 4.69) is 16.9 Å². The largest absolute Gasteiger partial charge is 0.325 e. The first kappa shape index (κ1) is 18.7. The van der Waals surface area contributed by atoms with Crippen LogP contribution in [0.4, 0.5) is 5.69 Å². The van der Waals surface area contributed by atoms with Gasteiger partial charge in [-0.05, 0) is 24.4 Å². The summed E-state index contributed by atoms with van der Waals surface area (Å²) in [6, 6.07) is 8.77. The van der Waals surface area contributed by atoms with E-state index in [9.17, 15) is 9.59 Å². The van der Waals surface area contributed by atoms with Gasteiger partial charge in [-0.15, -0.1) is 6.58 Å². The van der Waals surface area contributed by atoms with Crippen molar-refractivity contribution < 1.29 is 4.79 Å². The highest BCUT2D eigenvalue weighted by atomic mass is 32.1. The summed E-state index contributed by atoms with van der Waals surface area (Å²) in [5.74, 6) is -0.290. The van der Waals surface area contributed by atoms with Gasteiger partial charge < -0.3 is 9.88 Å². The Morgan fingerprint density at radius 3 is 2.96 bits per heavy atom. The maximum atomic E-state index is 12.6. The Labute approximate surface area is 163 Å². The normalized spacial score (nSPS) is 10.5. The number of carbonyl (C=O) groups excluding carboxylic acids is 1. The van der Waals surface area contributed by atoms with Crippen molar-refractivity contribution in [1.29, 1.82) is 5.26 Å². The predicted molar refractivity (Wildman–Crippen MR) is 107 cm³/mol. The number of nitrogens with zero attached hydrogens (tertiary/aromatic N) is 4. The number of fused-ring (bicyclic) bond motifs is 1. The van der Waals surface area contributed by atoms with Crippen LogP contribution in [0.25, 0.3) is 10.3 Å². The summed E-state index contributed by atoms with van der Waals surface area (Å²) < 4.78 is 4.15. The van der Waals surface area contributed by atoms with E-state index in [1.165, 1.54) is 22.2 Å². The van der Waals surface area contributed by atoms with E-state index < -0.39 is 0 Å². The standard InChI is InChI=1S/C18H15N5O2S2/c1-2-8-23-16-15(27-18(23)26)17(25)22(11-20-16)9-7-14(24)21-13-6-4-3-5-12(13)10-19/h2-6,11H,1,7-9H2,(H,21,24). The molecule has 0 aliphatic carbocycles. The Hall–Kier alpha value is -3.09. The Kier molecular flexibility index (Phi) is 5.59. The zero-order valence-electron chi connectivity index (χ0n) is 14.2. The molecule has 0 spiro atoms. The summed E-state index contributed by atoms with van der Waals surface area (Å²) in [7, 11) is 0. The minimum Gasteiger partial charge on any atom is -0.325 e. The predicted octanol–water partition coefficient (Wildman–Crippen LogP) is 3.08. The Balaban J connectivity index is 1.77. The van der Waals surface area contributed by atoms with Crippen molar-refractivity contribution in [3.63, 3.8) is 0 Å². The number of thiazole rings is 1. The van der Waals surface area contributed by atoms with Crippen LogP contribution in [0.1, 0.15) is 12.0 Å². The lowest BCUT2D eigenvalue weighted by Gasteiger charge is -2.08. The molecular formula is C18H15N5O2S2. The molecule has 0 unspecified atom stereocenters. The van der Waals surface area contributed by atoms with Crippen LogP contribution in [0.15, 0.2) is 48.0 Å². The van der Waals surface area contributed by atoms with Gasteiger partial charge in [-0.3, -0.25) is 14.2 Å². The smallest absolute Gasteiger partial charge is 0.272 e. The van der Waals surface area contributed by atoms with Crippen molar-refractivity contribution in [2.75, 3.05) is 5.32 Å². The fourth-order valence-electron chi connectivity index (χ4n) is 2.55. The number of rotatable bonds is 6. The molecule has 0 bridgehead atoms. The third-order valence-electron chi connectivity index (χ3n) is 3.86. The van der Waals surface area contributed by atoms with E-state index >= 15 is 0 Å². The number of anilines is 1. The molecule has 2 heterocycles. The molecule has 1 amide bonds. The molecule has 0 saturated carbocycles. The molecule has 0 fully saturated rings. The van der Waals surface area contributed by atoms with Gasteiger partial charge in [0.2, 0.25) is 5.91 Å². The zero-order valence-corrected chi connectivity index (χ0v) is 15.8. The monoisotopic (exact) mass is 397 g/mol. The number of benzene rings is 1. The van der Waals surface area contributed by atoms with E-state index in [0.29, 0.717) is 32.1 Å². The second-order valence-electron chi connectivity index (χ2n) is 5.62. The molecular weight excluding hydrogens is 382 g/mol. The van der Waals surface area contributed by atoms with E-state index in [0.717, 1.165) is 0 Å². The molecule has 9 heteroatoms. The summed E-state index contributed by atoms with van der Waals surface area (Å²) >= 11 is 6.48. The number of hydrogen-bond donors (Lipinski definition) is 1. The van der Waals surface area contributed by atoms with Crippen molar-refractivity contribution in [3.05, 3.63) is 63.1 Å². The molecule has 0 radical (unpaired) electrons. The average Bonchev–Trinajstić information content (AvgIpc) is 2.98. The Morgan fingerprint density at radius 2 is 2.22 bits per heavy atom. The van der Waals surface area contributed by atoms with Crippen molar-refractivity contribution in [1.82, 2.24) is 14.1 Å². The number of aryl methyl sites for hydroxylation is 1. The number of amides is 1. The second-order valence-corrected chi connectivity index (χ2v) is 7.26. The second kappa shape index (κ2) is 8.07. The van der Waals surface area contributed by atoms with E-state index in [-0.39, 0.29) is 24.4 Å². The number of hydrogen-bond acceptors (Lipinski definition) is 6. The molecule has 0 atom stereocenters. The van der Waals surface area contributed by atoms with Crippen LogP contribution in [0.2, 0.25) is 0 Å². The Morgan fingerprint density at radius 1 is 1.44 bits per heavy atom. The lowest BCUT2D eigenvalue weighted by molar-refractivity contribution is -0.116. The van der Waals surface area contributed by atoms with Crippen LogP contribution in [-0.2, 0) is 17.9 Å². The quantitative estimate of drug-likeness (QED) is 0.510. The maximum absolute atomic E-state index is 12.6. The van der Waals surface area contributed by atoms with Gasteiger partial charge >= 0.3 is 0 Å². The fraction of sp³-hybridized carbons (Fsp3) is 0.167. The minimum atomic E-state index is -0.290. The summed E-state index contributed by atoms with van der Waals surface area (Å²) in [6.07, 6.45) is 3.19. The van der Waals surface area contributed by atoms with E-state index in [1.807, 2.05) is 6.07 Å². The molecule has 1 aromatic carbocycles. The average molecular weight is 397 g/mol. The molecule has 3 rings (SSSR count). The summed E-state index contributed by atoms with van der Waals surface area (Å²) in [6.45, 7) is 4.34. The lowest BCUT2D eigenvalue weighted by Crippen LogP contribution is -2.23. The van der Waals surface area contributed by atoms with Crippen LogP contribution in [0.5, 0.6) is 0 Å². The van der Waals surface area contributed by atoms with Crippen LogP contribution in [-0.4, -0.2) is 20.0 Å². The molecule has 7 nitrogen and oxygen atoms in total. The fourth-order valence-corrected chi connectivity index (χ4v) is 3.86. The Bertz CT molecular complexity index is 1180. The van der Waals surface area contributed by atoms with Crippen molar-refractivity contribution in [2.45, 2.75) is 19.5 Å². The van der Waals surface area contributed by atoms with Gasteiger partial charge in [-0.25, -0.2) is 4.98 Å². The first-order chi connectivity index (χ1) is 13.0. The molecule has 136 valence electrons. The van der Waals surface area contributed by atoms with Gasteiger partial charge in [-0.1, -0.05) is 29.5 Å². The highest BCUT2D eigenvalue weighted by Crippen LogP contribution is 2.18. The summed E-state index contributed by atoms with van der Waals surface area (Å²) in [4.78, 5) is 29.1. The molecule has 1 N–H and O–H groups in total. The molecule has 0 aliphatic rings. The molecule has 3 aromatic rings. The van der Waals surface area contributed by atoms with Crippen molar-refractivity contribution in [3.8, 4) is 6.07 Å². The van der Waals surface area contributed by atoms with Crippen LogP contribution in [0.3, 0.4) is 0 Å². The number of nitrogens with one attached hydrogen (secondary N) is 1. The highest BCUT2D eigenvalue weighted by molar-refractivity contribution is 7.73. The lowest BCUT2D eigenvalue weighted by atomic mass is 10.2. The molecule has 0 saturated heterocycles. The highest BCUT2D eigenvalue weighted by Gasteiger charge is 2.13. The number of nitriles is 1. The topological polar surface area (TPSA) is 92.7 Å². The van der Waals surface area contributed by atoms with Gasteiger partial charge in [0.25, 0.3) is 5.56 Å². The van der Waals surface area contributed by atoms with Crippen LogP contribution < -0.4 is 10.9 Å². The number of carbonyl (C=O) groups is 1. The number of aromatic nitrogens is 3. The van der Waals surface area contributed by atoms with Crippen molar-refractivity contribution >= 4 is 45.5 Å². The van der Waals surface area contributed by atoms with E-state index in [4.69, 9.17) is 17.5 Å². The van der Waals surface area contributed by atoms with Crippen LogP contribution >= 0.6 is 23.6 Å². The number of para-hydroxylation sites is 1. The van der Waals surface area contributed by atoms with E-state index in [1.54, 1.807) is 34.9 Å². The third-order valence-corrected chi connectivity index (χ3v) is 5.28. The van der Waals surface area contributed by atoms with Gasteiger partial charge in [0, 0.05) is 19.5 Å². The first-order valence-electron chi connectivity index (χ1n) is 8.03.